The van der Waals surface area contributed by atoms with E-state index in [1.54, 1.807) is 0 Å². The molecule has 0 saturated heterocycles. The number of aliphatic hydroxyl groups excluding tert-OH is 2. The SMILES string of the molecule is NS(=O)(=O)O.O=C(CCCCCCCC(=O)OCCCCCCO)OCCCCCCO. The van der Waals surface area contributed by atoms with Gasteiger partial charge in [0.25, 0.3) is 0 Å². The van der Waals surface area contributed by atoms with E-state index < -0.39 is 10.3 Å². The van der Waals surface area contributed by atoms with Crippen LogP contribution in [0.2, 0.25) is 0 Å². The van der Waals surface area contributed by atoms with E-state index in [4.69, 9.17) is 32.7 Å². The van der Waals surface area contributed by atoms with Gasteiger partial charge in [-0.1, -0.05) is 32.1 Å². The number of esters is 2. The minimum absolute atomic E-state index is 0.125. The molecule has 0 aliphatic carbocycles. The molecule has 0 atom stereocenters. The van der Waals surface area contributed by atoms with Crippen LogP contribution in [0.5, 0.6) is 0 Å². The van der Waals surface area contributed by atoms with Gasteiger partial charge in [-0.15, -0.1) is 0 Å². The predicted octanol–water partition coefficient (Wildman–Crippen LogP) is 2.66. The lowest BCUT2D eigenvalue weighted by molar-refractivity contribution is -0.144. The number of hydrogen-bond acceptors (Lipinski definition) is 8. The van der Waals surface area contributed by atoms with Crippen LogP contribution < -0.4 is 5.14 Å². The maximum Gasteiger partial charge on any atom is 0.330 e. The summed E-state index contributed by atoms with van der Waals surface area (Å²) in [7, 11) is -4.17. The normalized spacial score (nSPS) is 10.9. The van der Waals surface area contributed by atoms with Crippen LogP contribution in [0.4, 0.5) is 0 Å². The van der Waals surface area contributed by atoms with Crippen LogP contribution in [0.15, 0.2) is 0 Å². The fourth-order valence-electron chi connectivity index (χ4n) is 2.72. The Bertz CT molecular complexity index is 501. The average molecular weight is 486 g/mol. The number of hydrogen-bond donors (Lipinski definition) is 4. The molecule has 0 aliphatic rings. The van der Waals surface area contributed by atoms with Crippen LogP contribution in [0.1, 0.15) is 96.3 Å². The molecule has 0 radical (unpaired) electrons. The van der Waals surface area contributed by atoms with Crippen molar-refractivity contribution in [2.24, 2.45) is 5.14 Å². The zero-order valence-electron chi connectivity index (χ0n) is 19.2. The first-order valence-corrected chi connectivity index (χ1v) is 13.0. The first kappa shape index (κ1) is 32.9. The Kier molecular flexibility index (Phi) is 25.1. The summed E-state index contributed by atoms with van der Waals surface area (Å²) in [4.78, 5) is 23.1. The summed E-state index contributed by atoms with van der Waals surface area (Å²) < 4.78 is 35.6. The number of carbonyl (C=O) groups is 2. The molecule has 0 amide bonds. The fourth-order valence-corrected chi connectivity index (χ4v) is 2.72. The summed E-state index contributed by atoms with van der Waals surface area (Å²) in [5.74, 6) is -0.251. The van der Waals surface area contributed by atoms with Crippen molar-refractivity contribution >= 4 is 22.2 Å². The molecule has 0 aromatic carbocycles. The highest BCUT2D eigenvalue weighted by molar-refractivity contribution is 7.83. The van der Waals surface area contributed by atoms with Gasteiger partial charge in [-0.2, -0.15) is 8.42 Å². The molecule has 0 aliphatic heterocycles. The molecule has 0 unspecified atom stereocenters. The molecule has 5 N–H and O–H groups in total. The van der Waals surface area contributed by atoms with E-state index in [0.29, 0.717) is 26.1 Å². The maximum absolute atomic E-state index is 11.6. The molecule has 10 nitrogen and oxygen atoms in total. The van der Waals surface area contributed by atoms with Crippen molar-refractivity contribution in [3.8, 4) is 0 Å². The Hall–Kier alpha value is -1.27. The van der Waals surface area contributed by atoms with Gasteiger partial charge in [0.1, 0.15) is 0 Å². The summed E-state index contributed by atoms with van der Waals surface area (Å²) in [6.07, 6.45) is 12.9. The smallest absolute Gasteiger partial charge is 0.330 e. The Morgan fingerprint density at radius 2 is 0.875 bits per heavy atom. The lowest BCUT2D eigenvalue weighted by Gasteiger charge is -2.06. The molecule has 0 saturated carbocycles. The monoisotopic (exact) mass is 485 g/mol. The Morgan fingerprint density at radius 3 is 1.22 bits per heavy atom. The van der Waals surface area contributed by atoms with Crippen LogP contribution in [0.3, 0.4) is 0 Å². The highest BCUT2D eigenvalue weighted by Gasteiger charge is 2.04. The van der Waals surface area contributed by atoms with Gasteiger partial charge in [0.2, 0.25) is 0 Å². The van der Waals surface area contributed by atoms with E-state index in [-0.39, 0.29) is 25.2 Å². The first-order valence-electron chi connectivity index (χ1n) is 11.5. The summed E-state index contributed by atoms with van der Waals surface area (Å²) in [5.41, 5.74) is 0. The third-order valence-electron chi connectivity index (χ3n) is 4.39. The topological polar surface area (TPSA) is 173 Å². The average Bonchev–Trinajstić information content (AvgIpc) is 2.71. The lowest BCUT2D eigenvalue weighted by Crippen LogP contribution is -2.08. The van der Waals surface area contributed by atoms with Crippen LogP contribution in [-0.2, 0) is 29.4 Å². The Labute approximate surface area is 192 Å². The highest BCUT2D eigenvalue weighted by Crippen LogP contribution is 2.09. The Balaban J connectivity index is 0. The zero-order valence-corrected chi connectivity index (χ0v) is 20.0. The lowest BCUT2D eigenvalue weighted by atomic mass is 10.1. The van der Waals surface area contributed by atoms with E-state index >= 15 is 0 Å². The molecule has 0 rings (SSSR count). The van der Waals surface area contributed by atoms with Crippen molar-refractivity contribution in [2.75, 3.05) is 26.4 Å². The maximum atomic E-state index is 11.6. The van der Waals surface area contributed by atoms with Crippen LogP contribution in [0, 0.1) is 0 Å². The van der Waals surface area contributed by atoms with Crippen LogP contribution >= 0.6 is 0 Å². The van der Waals surface area contributed by atoms with E-state index in [2.05, 4.69) is 5.14 Å². The Morgan fingerprint density at radius 1 is 0.594 bits per heavy atom. The molecule has 0 heterocycles. The molecule has 0 spiro atoms. The number of ether oxygens (including phenoxy) is 2. The molecule has 0 fully saturated rings. The second-order valence-corrected chi connectivity index (χ2v) is 8.53. The number of carbonyl (C=O) groups excluding carboxylic acids is 2. The highest BCUT2D eigenvalue weighted by atomic mass is 32.2. The van der Waals surface area contributed by atoms with Crippen molar-refractivity contribution in [1.82, 2.24) is 0 Å². The second-order valence-electron chi connectivity index (χ2n) is 7.50. The zero-order chi connectivity index (χ0) is 24.5. The molecular weight excluding hydrogens is 442 g/mol. The van der Waals surface area contributed by atoms with Gasteiger partial charge >= 0.3 is 22.2 Å². The minimum atomic E-state index is -4.17. The van der Waals surface area contributed by atoms with Crippen LogP contribution in [-0.4, -0.2) is 61.5 Å². The van der Waals surface area contributed by atoms with E-state index in [1.165, 1.54) is 0 Å². The minimum Gasteiger partial charge on any atom is -0.466 e. The third kappa shape index (κ3) is 36.1. The number of rotatable bonds is 20. The van der Waals surface area contributed by atoms with Gasteiger partial charge in [-0.05, 0) is 51.4 Å². The van der Waals surface area contributed by atoms with Crippen molar-refractivity contribution in [1.29, 1.82) is 0 Å². The molecule has 11 heteroatoms. The molecule has 32 heavy (non-hydrogen) atoms. The molecular formula is C21H43NO9S. The standard InChI is InChI=1S/C21H40O6.H3NO3S/c22-16-10-4-6-12-18-26-20(24)14-8-2-1-3-9-15-21(25)27-19-13-7-5-11-17-23;1-5(2,3)4/h22-23H,1-19H2;(H3,1,2,3,4). The number of unbranched alkanes of at least 4 members (excludes halogenated alkanes) is 10. The van der Waals surface area contributed by atoms with Crippen molar-refractivity contribution in [2.45, 2.75) is 96.3 Å². The molecule has 0 aromatic rings. The van der Waals surface area contributed by atoms with E-state index in [9.17, 15) is 9.59 Å². The van der Waals surface area contributed by atoms with E-state index in [1.807, 2.05) is 0 Å². The molecule has 192 valence electrons. The van der Waals surface area contributed by atoms with E-state index in [0.717, 1.165) is 83.5 Å². The number of nitrogens with two attached hydrogens (primary N) is 1. The van der Waals surface area contributed by atoms with Gasteiger partial charge in [-0.3, -0.25) is 14.1 Å². The van der Waals surface area contributed by atoms with Gasteiger partial charge in [0.15, 0.2) is 0 Å². The molecule has 0 aromatic heterocycles. The predicted molar refractivity (Wildman–Crippen MR) is 121 cm³/mol. The first-order chi connectivity index (χ1) is 15.2. The van der Waals surface area contributed by atoms with Crippen molar-refractivity contribution in [3.05, 3.63) is 0 Å². The summed E-state index contributed by atoms with van der Waals surface area (Å²) in [6.45, 7) is 1.42. The quantitative estimate of drug-likeness (QED) is 0.115. The van der Waals surface area contributed by atoms with Gasteiger partial charge in [-0.25, -0.2) is 5.14 Å². The summed E-state index contributed by atoms with van der Waals surface area (Å²) in [6, 6.07) is 0. The van der Waals surface area contributed by atoms with Crippen molar-refractivity contribution < 1.29 is 42.2 Å². The molecule has 0 bridgehead atoms. The van der Waals surface area contributed by atoms with Crippen molar-refractivity contribution in [3.63, 3.8) is 0 Å². The summed E-state index contributed by atoms with van der Waals surface area (Å²) in [5, 5.41) is 21.2. The largest absolute Gasteiger partial charge is 0.466 e. The third-order valence-corrected chi connectivity index (χ3v) is 4.39. The van der Waals surface area contributed by atoms with Gasteiger partial charge < -0.3 is 19.7 Å². The van der Waals surface area contributed by atoms with Gasteiger partial charge in [0.05, 0.1) is 13.2 Å². The summed E-state index contributed by atoms with van der Waals surface area (Å²) >= 11 is 0. The fraction of sp³-hybridized carbons (Fsp3) is 0.905. The van der Waals surface area contributed by atoms with Crippen LogP contribution in [0.25, 0.3) is 0 Å². The number of aliphatic hydroxyl groups is 2. The second kappa shape index (κ2) is 24.4. The van der Waals surface area contributed by atoms with Gasteiger partial charge in [0, 0.05) is 26.1 Å².